The first-order valence-electron chi connectivity index (χ1n) is 16.1. The van der Waals surface area contributed by atoms with E-state index in [1.165, 1.54) is 21.6 Å². The van der Waals surface area contributed by atoms with Gasteiger partial charge in [0.25, 0.3) is 5.91 Å². The van der Waals surface area contributed by atoms with Crippen LogP contribution < -0.4 is 10.6 Å². The molecule has 0 spiro atoms. The standard InChI is InChI=1S/C35H37F3N6O2/c1-9-23-11-10-12-26(37)28(23)30-27(38)15-25-32(40-30)44(31-24(18(2)3)13-14-39-29(31)19(4)5)35(46)41-33(25)43-20(6)16-42(17-21(43)7)34(45)22(8)36/h9-15,18-21H,1,8,16-17H2,2-7H3/t20-,21-/m0/s1/i1D2. The van der Waals surface area contributed by atoms with E-state index < -0.39 is 53.4 Å². The van der Waals surface area contributed by atoms with Crippen molar-refractivity contribution in [1.29, 1.82) is 0 Å². The maximum absolute atomic E-state index is 16.4. The third-order valence-corrected chi connectivity index (χ3v) is 8.30. The number of fused-ring (bicyclic) bond motifs is 1. The number of aromatic nitrogens is 4. The minimum absolute atomic E-state index is 0.0107. The molecule has 11 heteroatoms. The number of hydrogen-bond donors (Lipinski definition) is 0. The molecule has 3 aromatic heterocycles. The highest BCUT2D eigenvalue weighted by Gasteiger charge is 2.36. The predicted octanol–water partition coefficient (Wildman–Crippen LogP) is 6.92. The average molecular weight is 633 g/mol. The molecule has 4 heterocycles. The van der Waals surface area contributed by atoms with E-state index >= 15 is 8.78 Å². The molecule has 5 rings (SSSR count). The Hall–Kier alpha value is -4.80. The lowest BCUT2D eigenvalue weighted by Crippen LogP contribution is -2.59. The van der Waals surface area contributed by atoms with Crippen molar-refractivity contribution in [1.82, 2.24) is 24.4 Å². The zero-order chi connectivity index (χ0) is 35.2. The van der Waals surface area contributed by atoms with Gasteiger partial charge in [0.2, 0.25) is 0 Å². The second-order valence-electron chi connectivity index (χ2n) is 12.3. The van der Waals surface area contributed by atoms with Crippen molar-refractivity contribution in [3.63, 3.8) is 0 Å². The van der Waals surface area contributed by atoms with E-state index in [1.807, 2.05) is 27.7 Å². The lowest BCUT2D eigenvalue weighted by molar-refractivity contribution is -0.129. The zero-order valence-electron chi connectivity index (χ0n) is 28.6. The fourth-order valence-electron chi connectivity index (χ4n) is 6.29. The number of rotatable bonds is 7. The molecule has 1 saturated heterocycles. The third kappa shape index (κ3) is 5.59. The molecular formula is C35H37F3N6O2. The topological polar surface area (TPSA) is 84.2 Å². The van der Waals surface area contributed by atoms with Crippen molar-refractivity contribution in [2.45, 2.75) is 65.5 Å². The molecule has 240 valence electrons. The van der Waals surface area contributed by atoms with Crippen LogP contribution in [0.15, 0.2) is 60.3 Å². The van der Waals surface area contributed by atoms with Crippen molar-refractivity contribution < 1.29 is 20.7 Å². The summed E-state index contributed by atoms with van der Waals surface area (Å²) in [5.74, 6) is -3.80. The van der Waals surface area contributed by atoms with Crippen LogP contribution in [0.25, 0.3) is 34.1 Å². The smallest absolute Gasteiger partial charge is 0.347 e. The van der Waals surface area contributed by atoms with Crippen LogP contribution in [0.3, 0.4) is 0 Å². The Morgan fingerprint density at radius 2 is 1.76 bits per heavy atom. The van der Waals surface area contributed by atoms with Gasteiger partial charge < -0.3 is 9.80 Å². The van der Waals surface area contributed by atoms with E-state index in [0.29, 0.717) is 11.4 Å². The quantitative estimate of drug-likeness (QED) is 0.206. The van der Waals surface area contributed by atoms with Crippen molar-refractivity contribution in [3.8, 4) is 16.9 Å². The molecule has 4 aromatic rings. The van der Waals surface area contributed by atoms with Gasteiger partial charge in [0.15, 0.2) is 17.3 Å². The highest BCUT2D eigenvalue weighted by atomic mass is 19.1. The van der Waals surface area contributed by atoms with Crippen LogP contribution in [0, 0.1) is 11.6 Å². The van der Waals surface area contributed by atoms with E-state index in [2.05, 4.69) is 21.5 Å². The summed E-state index contributed by atoms with van der Waals surface area (Å²) in [6, 6.07) is 5.93. The normalized spacial score (nSPS) is 17.4. The Morgan fingerprint density at radius 3 is 2.37 bits per heavy atom. The molecule has 1 aliphatic rings. The molecular weight excluding hydrogens is 593 g/mol. The lowest BCUT2D eigenvalue weighted by atomic mass is 9.96. The number of piperazine rings is 1. The molecule has 0 aliphatic carbocycles. The fourth-order valence-corrected chi connectivity index (χ4v) is 6.29. The van der Waals surface area contributed by atoms with E-state index in [4.69, 9.17) is 2.74 Å². The minimum atomic E-state index is -1.09. The summed E-state index contributed by atoms with van der Waals surface area (Å²) >= 11 is 0. The zero-order valence-corrected chi connectivity index (χ0v) is 26.6. The Morgan fingerprint density at radius 1 is 1.07 bits per heavy atom. The number of hydrogen-bond acceptors (Lipinski definition) is 6. The van der Waals surface area contributed by atoms with Crippen LogP contribution in [0.4, 0.5) is 19.0 Å². The summed E-state index contributed by atoms with van der Waals surface area (Å²) in [5.41, 5.74) is 0.410. The van der Waals surface area contributed by atoms with Gasteiger partial charge in [0.1, 0.15) is 17.3 Å². The highest BCUT2D eigenvalue weighted by Crippen LogP contribution is 2.37. The molecule has 0 radical (unpaired) electrons. The molecule has 1 amide bonds. The van der Waals surface area contributed by atoms with Gasteiger partial charge >= 0.3 is 5.69 Å². The summed E-state index contributed by atoms with van der Waals surface area (Å²) < 4.78 is 62.3. The molecule has 1 aromatic carbocycles. The van der Waals surface area contributed by atoms with Gasteiger partial charge in [0, 0.05) is 36.9 Å². The van der Waals surface area contributed by atoms with Gasteiger partial charge in [-0.15, -0.1) is 0 Å². The van der Waals surface area contributed by atoms with Gasteiger partial charge in [-0.1, -0.05) is 59.0 Å². The van der Waals surface area contributed by atoms with Crippen LogP contribution in [-0.2, 0) is 4.79 Å². The number of amides is 1. The molecule has 0 saturated carbocycles. The molecule has 2 atom stereocenters. The summed E-state index contributed by atoms with van der Waals surface area (Å²) in [6.07, 6.45) is 2.75. The Bertz CT molecular complexity index is 1990. The monoisotopic (exact) mass is 632 g/mol. The maximum Gasteiger partial charge on any atom is 0.355 e. The van der Waals surface area contributed by atoms with E-state index in [-0.39, 0.29) is 52.9 Å². The lowest BCUT2D eigenvalue weighted by Gasteiger charge is -2.45. The summed E-state index contributed by atoms with van der Waals surface area (Å²) in [4.78, 5) is 43.6. The molecule has 0 unspecified atom stereocenters. The highest BCUT2D eigenvalue weighted by molar-refractivity contribution is 5.93. The van der Waals surface area contributed by atoms with Crippen molar-refractivity contribution in [3.05, 3.63) is 94.4 Å². The second-order valence-corrected chi connectivity index (χ2v) is 12.3. The minimum Gasteiger partial charge on any atom is -0.347 e. The number of pyridine rings is 2. The van der Waals surface area contributed by atoms with Crippen LogP contribution in [0.5, 0.6) is 0 Å². The summed E-state index contributed by atoms with van der Waals surface area (Å²) in [7, 11) is 0. The third-order valence-electron chi connectivity index (χ3n) is 8.30. The number of halogens is 3. The van der Waals surface area contributed by atoms with Crippen molar-refractivity contribution in [2.24, 2.45) is 0 Å². The maximum atomic E-state index is 16.4. The van der Waals surface area contributed by atoms with Gasteiger partial charge in [-0.3, -0.25) is 9.78 Å². The molecule has 0 N–H and O–H groups in total. The van der Waals surface area contributed by atoms with Gasteiger partial charge in [0.05, 0.1) is 19.5 Å². The number of nitrogens with zero attached hydrogens (tertiary/aromatic N) is 6. The van der Waals surface area contributed by atoms with Gasteiger partial charge in [-0.2, -0.15) is 4.98 Å². The number of benzene rings is 1. The number of carbonyl (C=O) groups excluding carboxylic acids is 1. The summed E-state index contributed by atoms with van der Waals surface area (Å²) in [5, 5.41) is 0.146. The Labute approximate surface area is 268 Å². The first-order valence-corrected chi connectivity index (χ1v) is 15.1. The van der Waals surface area contributed by atoms with Crippen LogP contribution in [-0.4, -0.2) is 55.5 Å². The molecule has 1 fully saturated rings. The van der Waals surface area contributed by atoms with Crippen LogP contribution in [0.1, 0.15) is 72.9 Å². The van der Waals surface area contributed by atoms with Crippen LogP contribution in [0.2, 0.25) is 0 Å². The van der Waals surface area contributed by atoms with E-state index in [1.54, 1.807) is 31.0 Å². The van der Waals surface area contributed by atoms with E-state index in [0.717, 1.165) is 23.8 Å². The van der Waals surface area contributed by atoms with Crippen molar-refractivity contribution >= 4 is 28.8 Å². The molecule has 46 heavy (non-hydrogen) atoms. The molecule has 1 aliphatic heterocycles. The largest absolute Gasteiger partial charge is 0.355 e. The van der Waals surface area contributed by atoms with E-state index in [9.17, 15) is 14.0 Å². The average Bonchev–Trinajstić information content (AvgIpc) is 3.00. The second kappa shape index (κ2) is 12.5. The molecule has 0 bridgehead atoms. The predicted molar refractivity (Wildman–Crippen MR) is 175 cm³/mol. The van der Waals surface area contributed by atoms with Gasteiger partial charge in [-0.25, -0.2) is 27.5 Å². The molecule has 8 nitrogen and oxygen atoms in total. The Balaban J connectivity index is 1.89. The first-order chi connectivity index (χ1) is 22.6. The number of carbonyl (C=O) groups is 1. The fraction of sp³-hybridized carbons (Fsp3) is 0.343. The van der Waals surface area contributed by atoms with Gasteiger partial charge in [-0.05, 0) is 55.0 Å². The Kier molecular flexibility index (Phi) is 8.14. The SMILES string of the molecule is [2H]C([2H])=Cc1cccc(F)c1-c1nc2c(cc1F)c(N1[C@@H](C)CN(C(=O)C(=C)F)C[C@@H]1C)nc(=O)n2-c1c(C(C)C)ccnc1C(C)C. The first kappa shape index (κ1) is 29.9. The summed E-state index contributed by atoms with van der Waals surface area (Å²) in [6.45, 7) is 14.0. The number of anilines is 1. The van der Waals surface area contributed by atoms with Crippen molar-refractivity contribution in [2.75, 3.05) is 18.0 Å². The van der Waals surface area contributed by atoms with Crippen LogP contribution >= 0.6 is 0 Å².